The van der Waals surface area contributed by atoms with E-state index in [1.54, 1.807) is 0 Å². The molecule has 0 aromatic heterocycles. The molecule has 19 heavy (non-hydrogen) atoms. The van der Waals surface area contributed by atoms with Crippen LogP contribution in [0.5, 0.6) is 0 Å². The summed E-state index contributed by atoms with van der Waals surface area (Å²) in [6.45, 7) is 7.07. The van der Waals surface area contributed by atoms with Crippen molar-refractivity contribution in [3.63, 3.8) is 0 Å². The molecule has 0 atom stereocenters. The van der Waals surface area contributed by atoms with Crippen LogP contribution in [0.15, 0.2) is 36.4 Å². The zero-order valence-corrected chi connectivity index (χ0v) is 11.6. The Hall–Kier alpha value is -2.09. The molecule has 2 nitrogen and oxygen atoms in total. The summed E-state index contributed by atoms with van der Waals surface area (Å²) >= 11 is 0. The molecule has 0 spiro atoms. The maximum absolute atomic E-state index is 10.3. The molecular formula is C17H18O2. The number of carbonyl (C=O) groups is 1. The third kappa shape index (κ3) is 3.22. The summed E-state index contributed by atoms with van der Waals surface area (Å²) < 4.78 is 4.84. The first-order chi connectivity index (χ1) is 9.10. The average molecular weight is 254 g/mol. The molecule has 0 heterocycles. The number of aryl methyl sites for hydroxylation is 3. The van der Waals surface area contributed by atoms with Crippen LogP contribution in [-0.4, -0.2) is 6.47 Å². The molecular weight excluding hydrogens is 236 g/mol. The van der Waals surface area contributed by atoms with Crippen molar-refractivity contribution >= 4 is 6.47 Å². The molecule has 2 rings (SSSR count). The van der Waals surface area contributed by atoms with E-state index in [2.05, 4.69) is 51.1 Å². The van der Waals surface area contributed by atoms with Crippen molar-refractivity contribution in [1.29, 1.82) is 0 Å². The molecule has 2 aromatic rings. The van der Waals surface area contributed by atoms with Crippen LogP contribution in [0.3, 0.4) is 0 Å². The van der Waals surface area contributed by atoms with Crippen LogP contribution >= 0.6 is 0 Å². The van der Waals surface area contributed by atoms with E-state index >= 15 is 0 Å². The average Bonchev–Trinajstić information content (AvgIpc) is 2.38. The lowest BCUT2D eigenvalue weighted by atomic mass is 9.95. The largest absolute Gasteiger partial charge is 0.463 e. The van der Waals surface area contributed by atoms with E-state index in [1.807, 2.05) is 6.07 Å². The predicted octanol–water partition coefficient (Wildman–Crippen LogP) is 3.95. The molecule has 0 fully saturated rings. The Bertz CT molecular complexity index is 600. The zero-order valence-electron chi connectivity index (χ0n) is 11.6. The summed E-state index contributed by atoms with van der Waals surface area (Å²) in [5.41, 5.74) is 7.08. The van der Waals surface area contributed by atoms with Crippen molar-refractivity contribution in [2.24, 2.45) is 0 Å². The highest BCUT2D eigenvalue weighted by Gasteiger charge is 2.05. The molecule has 0 saturated carbocycles. The van der Waals surface area contributed by atoms with Gasteiger partial charge < -0.3 is 4.74 Å². The molecule has 98 valence electrons. The van der Waals surface area contributed by atoms with E-state index in [0.29, 0.717) is 13.1 Å². The topological polar surface area (TPSA) is 26.3 Å². The standard InChI is InChI=1S/C17H18O2/c1-12-4-5-14(3)17(8-12)16-7-13(2)6-15(9-16)10-19-11-18/h4-9,11H,10H2,1-3H3. The monoisotopic (exact) mass is 254 g/mol. The molecule has 0 radical (unpaired) electrons. The Labute approximate surface area is 114 Å². The fraction of sp³-hybridized carbons (Fsp3) is 0.235. The second-order valence-corrected chi connectivity index (χ2v) is 4.93. The minimum atomic E-state index is 0.322. The lowest BCUT2D eigenvalue weighted by Gasteiger charge is -2.11. The van der Waals surface area contributed by atoms with Crippen molar-refractivity contribution in [2.45, 2.75) is 27.4 Å². The normalized spacial score (nSPS) is 10.3. The van der Waals surface area contributed by atoms with E-state index in [0.717, 1.165) is 5.56 Å². The zero-order chi connectivity index (χ0) is 13.8. The van der Waals surface area contributed by atoms with Gasteiger partial charge in [-0.25, -0.2) is 0 Å². The van der Waals surface area contributed by atoms with Gasteiger partial charge in [0.2, 0.25) is 0 Å². The Morgan fingerprint density at radius 1 is 1.00 bits per heavy atom. The molecule has 0 aliphatic carbocycles. The van der Waals surface area contributed by atoms with E-state index < -0.39 is 0 Å². The third-order valence-electron chi connectivity index (χ3n) is 3.16. The number of hydrogen-bond donors (Lipinski definition) is 0. The van der Waals surface area contributed by atoms with Crippen LogP contribution in [-0.2, 0) is 16.1 Å². The van der Waals surface area contributed by atoms with Crippen molar-refractivity contribution in [2.75, 3.05) is 0 Å². The van der Waals surface area contributed by atoms with E-state index in [-0.39, 0.29) is 0 Å². The lowest BCUT2D eigenvalue weighted by molar-refractivity contribution is -0.129. The van der Waals surface area contributed by atoms with Gasteiger partial charge in [-0.3, -0.25) is 4.79 Å². The Morgan fingerprint density at radius 2 is 1.79 bits per heavy atom. The molecule has 0 aliphatic rings. The lowest BCUT2D eigenvalue weighted by Crippen LogP contribution is -1.93. The van der Waals surface area contributed by atoms with Crippen molar-refractivity contribution in [3.8, 4) is 11.1 Å². The first-order valence-corrected chi connectivity index (χ1v) is 6.33. The van der Waals surface area contributed by atoms with Gasteiger partial charge in [-0.2, -0.15) is 0 Å². The Morgan fingerprint density at radius 3 is 2.53 bits per heavy atom. The van der Waals surface area contributed by atoms with Crippen molar-refractivity contribution in [3.05, 3.63) is 58.7 Å². The number of rotatable bonds is 4. The fourth-order valence-electron chi connectivity index (χ4n) is 2.28. The van der Waals surface area contributed by atoms with Gasteiger partial charge in [0.25, 0.3) is 6.47 Å². The van der Waals surface area contributed by atoms with Crippen LogP contribution in [0.25, 0.3) is 11.1 Å². The first-order valence-electron chi connectivity index (χ1n) is 6.33. The van der Waals surface area contributed by atoms with E-state index in [4.69, 9.17) is 4.74 Å². The third-order valence-corrected chi connectivity index (χ3v) is 3.16. The van der Waals surface area contributed by atoms with Crippen LogP contribution in [0.1, 0.15) is 22.3 Å². The summed E-state index contributed by atoms with van der Waals surface area (Å²) in [4.78, 5) is 10.3. The van der Waals surface area contributed by atoms with Gasteiger partial charge >= 0.3 is 0 Å². The molecule has 0 unspecified atom stereocenters. The van der Waals surface area contributed by atoms with Crippen LogP contribution in [0, 0.1) is 20.8 Å². The summed E-state index contributed by atoms with van der Waals surface area (Å²) in [6.07, 6.45) is 0. The number of benzene rings is 2. The van der Waals surface area contributed by atoms with Crippen molar-refractivity contribution < 1.29 is 9.53 Å². The molecule has 2 aromatic carbocycles. The van der Waals surface area contributed by atoms with E-state index in [1.165, 1.54) is 27.8 Å². The van der Waals surface area contributed by atoms with Gasteiger partial charge in [0.15, 0.2) is 0 Å². The van der Waals surface area contributed by atoms with Gasteiger partial charge in [0.1, 0.15) is 6.61 Å². The number of carbonyl (C=O) groups excluding carboxylic acids is 1. The highest BCUT2D eigenvalue weighted by atomic mass is 16.5. The Kier molecular flexibility index (Phi) is 4.00. The van der Waals surface area contributed by atoms with Crippen LogP contribution in [0.4, 0.5) is 0 Å². The molecule has 0 N–H and O–H groups in total. The van der Waals surface area contributed by atoms with Crippen LogP contribution in [0.2, 0.25) is 0 Å². The summed E-state index contributed by atoms with van der Waals surface area (Å²) in [6, 6.07) is 12.7. The second kappa shape index (κ2) is 5.70. The van der Waals surface area contributed by atoms with Gasteiger partial charge in [0, 0.05) is 0 Å². The Balaban J connectivity index is 2.46. The molecule has 2 heteroatoms. The minimum Gasteiger partial charge on any atom is -0.463 e. The van der Waals surface area contributed by atoms with Gasteiger partial charge in [-0.15, -0.1) is 0 Å². The minimum absolute atomic E-state index is 0.322. The highest BCUT2D eigenvalue weighted by molar-refractivity contribution is 5.69. The number of hydrogen-bond acceptors (Lipinski definition) is 2. The van der Waals surface area contributed by atoms with E-state index in [9.17, 15) is 4.79 Å². The smallest absolute Gasteiger partial charge is 0.293 e. The number of ether oxygens (including phenoxy) is 1. The molecule has 0 amide bonds. The molecule has 0 aliphatic heterocycles. The molecule has 0 bridgehead atoms. The summed E-state index contributed by atoms with van der Waals surface area (Å²) in [7, 11) is 0. The van der Waals surface area contributed by atoms with Gasteiger partial charge in [0.05, 0.1) is 0 Å². The van der Waals surface area contributed by atoms with Gasteiger partial charge in [-0.1, -0.05) is 41.5 Å². The van der Waals surface area contributed by atoms with Crippen molar-refractivity contribution in [1.82, 2.24) is 0 Å². The SMILES string of the molecule is Cc1cc(COC=O)cc(-c2cc(C)ccc2C)c1. The highest BCUT2D eigenvalue weighted by Crippen LogP contribution is 2.26. The predicted molar refractivity (Wildman–Crippen MR) is 76.9 cm³/mol. The summed E-state index contributed by atoms with van der Waals surface area (Å²) in [5, 5.41) is 0. The summed E-state index contributed by atoms with van der Waals surface area (Å²) in [5.74, 6) is 0. The first kappa shape index (κ1) is 13.3. The maximum atomic E-state index is 10.3. The fourth-order valence-corrected chi connectivity index (χ4v) is 2.28. The second-order valence-electron chi connectivity index (χ2n) is 4.93. The molecule has 0 saturated heterocycles. The van der Waals surface area contributed by atoms with Crippen LogP contribution < -0.4 is 0 Å². The maximum Gasteiger partial charge on any atom is 0.293 e. The van der Waals surface area contributed by atoms with Gasteiger partial charge in [-0.05, 0) is 49.1 Å². The quantitative estimate of drug-likeness (QED) is 0.772.